The standard InChI is InChI=1S/C22H23N5O2.ClH/c28-22-20-19(24-18(25-20)9-5-11-26-12-14-29-15-13-26)17-8-4-10-23-21(17)27(22)16-6-2-1-3-7-16;/h1-4,6-8,10H,5,9,11-15H2,(H,24,25);1H. The smallest absolute Gasteiger partial charge is 0.282 e. The van der Waals surface area contributed by atoms with Gasteiger partial charge in [-0.15, -0.1) is 12.4 Å². The molecule has 1 aliphatic rings. The zero-order chi connectivity index (χ0) is 19.6. The summed E-state index contributed by atoms with van der Waals surface area (Å²) in [5, 5.41) is 0.877. The minimum atomic E-state index is -0.121. The number of morpholine rings is 1. The van der Waals surface area contributed by atoms with Gasteiger partial charge in [-0.3, -0.25) is 14.3 Å². The third kappa shape index (κ3) is 3.84. The summed E-state index contributed by atoms with van der Waals surface area (Å²) in [6, 6.07) is 13.5. The van der Waals surface area contributed by atoms with E-state index in [0.717, 1.165) is 62.6 Å². The summed E-state index contributed by atoms with van der Waals surface area (Å²) in [6.45, 7) is 4.60. The van der Waals surface area contributed by atoms with E-state index in [2.05, 4.69) is 14.9 Å². The number of benzene rings is 1. The average Bonchev–Trinajstić information content (AvgIpc) is 3.20. The Kier molecular flexibility index (Phi) is 6.13. The summed E-state index contributed by atoms with van der Waals surface area (Å²) in [4.78, 5) is 28.3. The Morgan fingerprint density at radius 2 is 1.87 bits per heavy atom. The molecule has 1 fully saturated rings. The fourth-order valence-electron chi connectivity index (χ4n) is 3.97. The Morgan fingerprint density at radius 3 is 2.67 bits per heavy atom. The molecule has 7 nitrogen and oxygen atoms in total. The molecule has 1 aromatic carbocycles. The summed E-state index contributed by atoms with van der Waals surface area (Å²) < 4.78 is 7.06. The van der Waals surface area contributed by atoms with Gasteiger partial charge in [0.1, 0.15) is 22.5 Å². The fraction of sp³-hybridized carbons (Fsp3) is 0.318. The van der Waals surface area contributed by atoms with Gasteiger partial charge in [0, 0.05) is 31.1 Å². The normalized spacial score (nSPS) is 14.8. The lowest BCUT2D eigenvalue weighted by Gasteiger charge is -2.26. The van der Waals surface area contributed by atoms with E-state index in [1.54, 1.807) is 10.8 Å². The quantitative estimate of drug-likeness (QED) is 0.532. The Hall–Kier alpha value is -2.74. The number of aryl methyl sites for hydroxylation is 1. The first kappa shape index (κ1) is 20.5. The van der Waals surface area contributed by atoms with Crippen LogP contribution < -0.4 is 5.56 Å². The van der Waals surface area contributed by atoms with Crippen molar-refractivity contribution >= 4 is 34.5 Å². The van der Waals surface area contributed by atoms with Crippen LogP contribution in [0.3, 0.4) is 0 Å². The molecule has 0 aliphatic carbocycles. The molecule has 0 amide bonds. The van der Waals surface area contributed by atoms with Crippen LogP contribution in [0.2, 0.25) is 0 Å². The van der Waals surface area contributed by atoms with E-state index >= 15 is 0 Å². The molecule has 1 saturated heterocycles. The topological polar surface area (TPSA) is 76.0 Å². The van der Waals surface area contributed by atoms with Crippen molar-refractivity contribution in [3.8, 4) is 5.69 Å². The number of H-pyrrole nitrogens is 1. The molecule has 0 spiro atoms. The zero-order valence-electron chi connectivity index (χ0n) is 16.6. The fourth-order valence-corrected chi connectivity index (χ4v) is 3.97. The molecule has 4 aromatic rings. The maximum absolute atomic E-state index is 13.3. The molecule has 3 aromatic heterocycles. The van der Waals surface area contributed by atoms with E-state index in [9.17, 15) is 4.79 Å². The first-order chi connectivity index (χ1) is 14.3. The lowest BCUT2D eigenvalue weighted by atomic mass is 10.2. The number of rotatable bonds is 5. The second-order valence-electron chi connectivity index (χ2n) is 7.32. The highest BCUT2D eigenvalue weighted by Gasteiger charge is 2.17. The summed E-state index contributed by atoms with van der Waals surface area (Å²) >= 11 is 0. The van der Waals surface area contributed by atoms with Crippen molar-refractivity contribution in [3.05, 3.63) is 64.8 Å². The van der Waals surface area contributed by atoms with Crippen LogP contribution in [0.15, 0.2) is 53.5 Å². The molecule has 1 N–H and O–H groups in total. The van der Waals surface area contributed by atoms with Gasteiger partial charge in [-0.25, -0.2) is 9.97 Å². The molecule has 0 bridgehead atoms. The van der Waals surface area contributed by atoms with Crippen LogP contribution in [0.25, 0.3) is 27.8 Å². The van der Waals surface area contributed by atoms with Crippen LogP contribution in [0, 0.1) is 0 Å². The molecule has 30 heavy (non-hydrogen) atoms. The summed E-state index contributed by atoms with van der Waals surface area (Å²) in [5.74, 6) is 0.848. The highest BCUT2D eigenvalue weighted by Crippen LogP contribution is 2.22. The van der Waals surface area contributed by atoms with Crippen molar-refractivity contribution in [1.29, 1.82) is 0 Å². The monoisotopic (exact) mass is 425 g/mol. The number of imidazole rings is 1. The average molecular weight is 426 g/mol. The summed E-state index contributed by atoms with van der Waals surface area (Å²) in [5.41, 5.74) is 2.54. The van der Waals surface area contributed by atoms with E-state index < -0.39 is 0 Å². The molecular weight excluding hydrogens is 402 g/mol. The highest BCUT2D eigenvalue weighted by atomic mass is 35.5. The lowest BCUT2D eigenvalue weighted by Crippen LogP contribution is -2.36. The van der Waals surface area contributed by atoms with Crippen LogP contribution in [0.5, 0.6) is 0 Å². The van der Waals surface area contributed by atoms with Crippen molar-refractivity contribution in [3.63, 3.8) is 0 Å². The van der Waals surface area contributed by atoms with Gasteiger partial charge in [-0.05, 0) is 37.2 Å². The van der Waals surface area contributed by atoms with Crippen LogP contribution in [0.1, 0.15) is 12.2 Å². The van der Waals surface area contributed by atoms with Crippen LogP contribution in [-0.2, 0) is 11.2 Å². The molecule has 0 unspecified atom stereocenters. The van der Waals surface area contributed by atoms with Gasteiger partial charge in [0.15, 0.2) is 0 Å². The third-order valence-electron chi connectivity index (χ3n) is 5.43. The van der Waals surface area contributed by atoms with Crippen molar-refractivity contribution in [1.82, 2.24) is 24.4 Å². The van der Waals surface area contributed by atoms with Crippen LogP contribution >= 0.6 is 12.4 Å². The Labute approximate surface area is 180 Å². The van der Waals surface area contributed by atoms with E-state index in [4.69, 9.17) is 9.72 Å². The molecule has 1 aliphatic heterocycles. The number of nitrogens with one attached hydrogen (secondary N) is 1. The van der Waals surface area contributed by atoms with Gasteiger partial charge in [0.2, 0.25) is 0 Å². The molecule has 0 saturated carbocycles. The van der Waals surface area contributed by atoms with Gasteiger partial charge in [-0.1, -0.05) is 18.2 Å². The number of aromatic amines is 1. The molecule has 8 heteroatoms. The summed E-state index contributed by atoms with van der Waals surface area (Å²) in [6.07, 6.45) is 3.50. The molecule has 5 rings (SSSR count). The SMILES string of the molecule is Cl.O=c1c2[nH]c(CCCN3CCOCC3)nc2c2cccnc2n1-c1ccccc1. The molecule has 4 heterocycles. The maximum Gasteiger partial charge on any atom is 0.282 e. The second kappa shape index (κ2) is 8.95. The predicted molar refractivity (Wildman–Crippen MR) is 120 cm³/mol. The van der Waals surface area contributed by atoms with Crippen molar-refractivity contribution in [2.45, 2.75) is 12.8 Å². The third-order valence-corrected chi connectivity index (χ3v) is 5.43. The molecule has 0 radical (unpaired) electrons. The minimum absolute atomic E-state index is 0. The van der Waals surface area contributed by atoms with Crippen LogP contribution in [-0.4, -0.2) is 57.3 Å². The highest BCUT2D eigenvalue weighted by molar-refractivity contribution is 6.01. The number of fused-ring (bicyclic) bond motifs is 3. The number of hydrogen-bond acceptors (Lipinski definition) is 5. The largest absolute Gasteiger partial charge is 0.379 e. The van der Waals surface area contributed by atoms with E-state index in [0.29, 0.717) is 16.7 Å². The number of hydrogen-bond donors (Lipinski definition) is 1. The van der Waals surface area contributed by atoms with E-state index in [1.165, 1.54) is 0 Å². The minimum Gasteiger partial charge on any atom is -0.379 e. The Balaban J connectivity index is 0.00000218. The van der Waals surface area contributed by atoms with Gasteiger partial charge in [0.05, 0.1) is 18.9 Å². The number of nitrogens with zero attached hydrogens (tertiary/aromatic N) is 4. The second-order valence-corrected chi connectivity index (χ2v) is 7.32. The molecule has 0 atom stereocenters. The molecular formula is C22H24ClN5O2. The number of aromatic nitrogens is 4. The predicted octanol–water partition coefficient (Wildman–Crippen LogP) is 2.95. The zero-order valence-corrected chi connectivity index (χ0v) is 17.4. The number of ether oxygens (including phenoxy) is 1. The number of para-hydroxylation sites is 1. The lowest BCUT2D eigenvalue weighted by molar-refractivity contribution is 0.0374. The van der Waals surface area contributed by atoms with Crippen LogP contribution in [0.4, 0.5) is 0 Å². The van der Waals surface area contributed by atoms with Crippen molar-refractivity contribution in [2.24, 2.45) is 0 Å². The van der Waals surface area contributed by atoms with Gasteiger partial charge < -0.3 is 9.72 Å². The van der Waals surface area contributed by atoms with Gasteiger partial charge in [0.25, 0.3) is 5.56 Å². The van der Waals surface area contributed by atoms with Gasteiger partial charge in [-0.2, -0.15) is 0 Å². The maximum atomic E-state index is 13.3. The first-order valence-electron chi connectivity index (χ1n) is 10.0. The van der Waals surface area contributed by atoms with Crippen molar-refractivity contribution < 1.29 is 4.74 Å². The van der Waals surface area contributed by atoms with Gasteiger partial charge >= 0.3 is 0 Å². The summed E-state index contributed by atoms with van der Waals surface area (Å²) in [7, 11) is 0. The first-order valence-corrected chi connectivity index (χ1v) is 10.0. The molecule has 156 valence electrons. The van der Waals surface area contributed by atoms with E-state index in [1.807, 2.05) is 42.5 Å². The Morgan fingerprint density at radius 1 is 1.07 bits per heavy atom. The Bertz CT molecular complexity index is 1200. The number of pyridine rings is 2. The number of halogens is 1. The van der Waals surface area contributed by atoms with Crippen molar-refractivity contribution in [2.75, 3.05) is 32.8 Å². The van der Waals surface area contributed by atoms with E-state index in [-0.39, 0.29) is 18.0 Å².